The molecule has 0 saturated carbocycles. The Balaban J connectivity index is 1.78. The number of carbonyl (C=O) groups excluding carboxylic acids is 1. The molecule has 1 aromatic heterocycles. The normalized spacial score (nSPS) is 17.8. The van der Waals surface area contributed by atoms with Crippen LogP contribution in [0.3, 0.4) is 0 Å². The Morgan fingerprint density at radius 3 is 2.91 bits per heavy atom. The maximum atomic E-state index is 14.0. The van der Waals surface area contributed by atoms with E-state index in [1.807, 2.05) is 34.0 Å². The van der Waals surface area contributed by atoms with Gasteiger partial charge >= 0.3 is 0 Å². The molecule has 1 saturated heterocycles. The SMILES string of the molecule is C#CCN1CCC[C@H]1C(=O)Nc1cc(-n2cccc2)ccc1F. The predicted octanol–water partition coefficient (Wildman–Crippen LogP) is 2.65. The molecule has 4 nitrogen and oxygen atoms in total. The standard InChI is InChI=1S/C18H18FN3O/c1-2-9-22-12-5-6-17(22)18(23)20-16-13-14(7-8-15(16)19)21-10-3-4-11-21/h1,3-4,7-8,10-11,13,17H,5-6,9,12H2,(H,20,23)/t17-/m0/s1. The van der Waals surface area contributed by atoms with Gasteiger partial charge in [0.2, 0.25) is 5.91 Å². The van der Waals surface area contributed by atoms with Crippen molar-refractivity contribution in [3.05, 3.63) is 48.5 Å². The molecule has 1 atom stereocenters. The molecule has 2 heterocycles. The van der Waals surface area contributed by atoms with Gasteiger partial charge in [0.25, 0.3) is 0 Å². The minimum Gasteiger partial charge on any atom is -0.324 e. The lowest BCUT2D eigenvalue weighted by atomic mass is 10.2. The van der Waals surface area contributed by atoms with E-state index in [4.69, 9.17) is 6.42 Å². The molecule has 1 aliphatic heterocycles. The van der Waals surface area contributed by atoms with Crippen molar-refractivity contribution < 1.29 is 9.18 Å². The van der Waals surface area contributed by atoms with Crippen LogP contribution in [0.1, 0.15) is 12.8 Å². The third-order valence-corrected chi connectivity index (χ3v) is 4.07. The number of hydrogen-bond acceptors (Lipinski definition) is 2. The van der Waals surface area contributed by atoms with Crippen molar-refractivity contribution in [2.45, 2.75) is 18.9 Å². The van der Waals surface area contributed by atoms with Crippen LogP contribution in [-0.4, -0.2) is 34.5 Å². The Bertz CT molecular complexity index is 733. The van der Waals surface area contributed by atoms with Gasteiger partial charge in [0.15, 0.2) is 0 Å². The molecule has 0 radical (unpaired) electrons. The summed E-state index contributed by atoms with van der Waals surface area (Å²) in [6.45, 7) is 1.23. The number of nitrogens with one attached hydrogen (secondary N) is 1. The van der Waals surface area contributed by atoms with E-state index in [0.717, 1.165) is 25.1 Å². The average Bonchev–Trinajstić information content (AvgIpc) is 3.21. The van der Waals surface area contributed by atoms with Gasteiger partial charge in [-0.25, -0.2) is 4.39 Å². The van der Waals surface area contributed by atoms with E-state index in [0.29, 0.717) is 6.54 Å². The number of terminal acetylenes is 1. The first-order chi connectivity index (χ1) is 11.2. The van der Waals surface area contributed by atoms with E-state index in [2.05, 4.69) is 11.2 Å². The van der Waals surface area contributed by atoms with Crippen LogP contribution < -0.4 is 5.32 Å². The maximum Gasteiger partial charge on any atom is 0.241 e. The van der Waals surface area contributed by atoms with Crippen LogP contribution in [0.15, 0.2) is 42.7 Å². The Hall–Kier alpha value is -2.58. The van der Waals surface area contributed by atoms with Crippen molar-refractivity contribution in [1.29, 1.82) is 0 Å². The molecule has 0 spiro atoms. The summed E-state index contributed by atoms with van der Waals surface area (Å²) >= 11 is 0. The Kier molecular flexibility index (Phi) is 4.45. The summed E-state index contributed by atoms with van der Waals surface area (Å²) in [5, 5.41) is 2.71. The lowest BCUT2D eigenvalue weighted by Gasteiger charge is -2.21. The molecule has 23 heavy (non-hydrogen) atoms. The van der Waals surface area contributed by atoms with Gasteiger partial charge in [-0.2, -0.15) is 0 Å². The second kappa shape index (κ2) is 6.67. The van der Waals surface area contributed by atoms with Crippen molar-refractivity contribution in [2.24, 2.45) is 0 Å². The van der Waals surface area contributed by atoms with Crippen LogP contribution in [0.4, 0.5) is 10.1 Å². The van der Waals surface area contributed by atoms with Crippen molar-refractivity contribution in [2.75, 3.05) is 18.4 Å². The number of hydrogen-bond donors (Lipinski definition) is 1. The molecule has 0 unspecified atom stereocenters. The van der Waals surface area contributed by atoms with E-state index < -0.39 is 5.82 Å². The largest absolute Gasteiger partial charge is 0.324 e. The van der Waals surface area contributed by atoms with Gasteiger partial charge in [-0.3, -0.25) is 9.69 Å². The monoisotopic (exact) mass is 311 g/mol. The molecule has 1 aromatic carbocycles. The fourth-order valence-corrected chi connectivity index (χ4v) is 2.92. The lowest BCUT2D eigenvalue weighted by molar-refractivity contribution is -0.120. The Morgan fingerprint density at radius 1 is 1.39 bits per heavy atom. The van der Waals surface area contributed by atoms with E-state index in [1.165, 1.54) is 6.07 Å². The summed E-state index contributed by atoms with van der Waals surface area (Å²) < 4.78 is 15.9. The minimum absolute atomic E-state index is 0.189. The number of nitrogens with zero attached hydrogens (tertiary/aromatic N) is 2. The van der Waals surface area contributed by atoms with Crippen molar-refractivity contribution >= 4 is 11.6 Å². The van der Waals surface area contributed by atoms with E-state index in [9.17, 15) is 9.18 Å². The zero-order chi connectivity index (χ0) is 16.2. The molecule has 2 aromatic rings. The van der Waals surface area contributed by atoms with Gasteiger partial charge in [0.05, 0.1) is 18.3 Å². The molecule has 5 heteroatoms. The van der Waals surface area contributed by atoms with Gasteiger partial charge in [-0.15, -0.1) is 6.42 Å². The first kappa shape index (κ1) is 15.3. The molecule has 1 fully saturated rings. The summed E-state index contributed by atoms with van der Waals surface area (Å²) in [5.74, 6) is 1.91. The molecule has 1 N–H and O–H groups in total. The molecule has 0 aliphatic carbocycles. The van der Waals surface area contributed by atoms with Crippen LogP contribution in [0.25, 0.3) is 5.69 Å². The predicted molar refractivity (Wildman–Crippen MR) is 87.8 cm³/mol. The highest BCUT2D eigenvalue weighted by Gasteiger charge is 2.30. The van der Waals surface area contributed by atoms with Gasteiger partial charge in [0.1, 0.15) is 5.82 Å². The van der Waals surface area contributed by atoms with Crippen LogP contribution in [0.2, 0.25) is 0 Å². The van der Waals surface area contributed by atoms with Crippen LogP contribution >= 0.6 is 0 Å². The Labute approximate surface area is 134 Å². The van der Waals surface area contributed by atoms with Crippen molar-refractivity contribution in [3.63, 3.8) is 0 Å². The molecular formula is C18H18FN3O. The number of aromatic nitrogens is 1. The highest BCUT2D eigenvalue weighted by molar-refractivity contribution is 5.95. The zero-order valence-electron chi connectivity index (χ0n) is 12.7. The molecule has 118 valence electrons. The van der Waals surface area contributed by atoms with Crippen LogP contribution in [0, 0.1) is 18.2 Å². The quantitative estimate of drug-likeness (QED) is 0.882. The summed E-state index contributed by atoms with van der Waals surface area (Å²) in [5.41, 5.74) is 0.979. The minimum atomic E-state index is -0.448. The summed E-state index contributed by atoms with van der Waals surface area (Å²) in [6, 6.07) is 8.15. The van der Waals surface area contributed by atoms with E-state index in [1.54, 1.807) is 12.1 Å². The average molecular weight is 311 g/mol. The molecular weight excluding hydrogens is 293 g/mol. The van der Waals surface area contributed by atoms with Crippen LogP contribution in [0.5, 0.6) is 0 Å². The molecule has 1 amide bonds. The highest BCUT2D eigenvalue weighted by Crippen LogP contribution is 2.22. The lowest BCUT2D eigenvalue weighted by Crippen LogP contribution is -2.39. The fourth-order valence-electron chi connectivity index (χ4n) is 2.92. The van der Waals surface area contributed by atoms with Crippen molar-refractivity contribution in [3.8, 4) is 18.0 Å². The Morgan fingerprint density at radius 2 is 2.17 bits per heavy atom. The van der Waals surface area contributed by atoms with Crippen molar-refractivity contribution in [1.82, 2.24) is 9.47 Å². The molecule has 1 aliphatic rings. The first-order valence-corrected chi connectivity index (χ1v) is 7.60. The zero-order valence-corrected chi connectivity index (χ0v) is 12.7. The number of benzene rings is 1. The number of rotatable bonds is 4. The maximum absolute atomic E-state index is 14.0. The third-order valence-electron chi connectivity index (χ3n) is 4.07. The summed E-state index contributed by atoms with van der Waals surface area (Å²) in [7, 11) is 0. The number of carbonyl (C=O) groups is 1. The number of halogens is 1. The van der Waals surface area contributed by atoms with Crippen LogP contribution in [-0.2, 0) is 4.79 Å². The summed E-state index contributed by atoms with van der Waals surface area (Å²) in [6.07, 6.45) is 10.7. The second-order valence-corrected chi connectivity index (χ2v) is 5.58. The number of anilines is 1. The number of likely N-dealkylation sites (tertiary alicyclic amines) is 1. The molecule has 0 bridgehead atoms. The number of amides is 1. The molecule has 3 rings (SSSR count). The highest BCUT2D eigenvalue weighted by atomic mass is 19.1. The van der Waals surface area contributed by atoms with Gasteiger partial charge in [-0.1, -0.05) is 5.92 Å². The second-order valence-electron chi connectivity index (χ2n) is 5.58. The van der Waals surface area contributed by atoms with Gasteiger partial charge < -0.3 is 9.88 Å². The topological polar surface area (TPSA) is 37.3 Å². The van der Waals surface area contributed by atoms with Gasteiger partial charge in [-0.05, 0) is 49.7 Å². The fraction of sp³-hybridized carbons (Fsp3) is 0.278. The van der Waals surface area contributed by atoms with E-state index >= 15 is 0 Å². The smallest absolute Gasteiger partial charge is 0.241 e. The summed E-state index contributed by atoms with van der Waals surface area (Å²) in [4.78, 5) is 14.4. The van der Waals surface area contributed by atoms with E-state index in [-0.39, 0.29) is 17.6 Å². The van der Waals surface area contributed by atoms with Gasteiger partial charge in [0, 0.05) is 18.1 Å². The third kappa shape index (κ3) is 3.27. The first-order valence-electron chi connectivity index (χ1n) is 7.60.